The SMILES string of the molecule is CC(C)(C)OC(=O)N1CCC(NC(=O)c2ncc3cc(Cl)ccc3n2)C1. The van der Waals surface area contributed by atoms with Crippen molar-refractivity contribution in [3.63, 3.8) is 0 Å². The lowest BCUT2D eigenvalue weighted by Gasteiger charge is -2.24. The fraction of sp³-hybridized carbons (Fsp3) is 0.444. The first-order chi connectivity index (χ1) is 12.2. The van der Waals surface area contributed by atoms with E-state index in [1.807, 2.05) is 20.8 Å². The number of amides is 2. The average molecular weight is 377 g/mol. The Morgan fingerprint density at radius 3 is 2.85 bits per heavy atom. The smallest absolute Gasteiger partial charge is 0.410 e. The summed E-state index contributed by atoms with van der Waals surface area (Å²) in [7, 11) is 0. The van der Waals surface area contributed by atoms with Gasteiger partial charge >= 0.3 is 6.09 Å². The third kappa shape index (κ3) is 4.40. The summed E-state index contributed by atoms with van der Waals surface area (Å²) in [5.74, 6) is -0.270. The Bertz CT molecular complexity index is 850. The highest BCUT2D eigenvalue weighted by Crippen LogP contribution is 2.18. The van der Waals surface area contributed by atoms with Crippen molar-refractivity contribution in [2.75, 3.05) is 13.1 Å². The van der Waals surface area contributed by atoms with E-state index in [1.165, 1.54) is 0 Å². The van der Waals surface area contributed by atoms with E-state index in [0.717, 1.165) is 5.39 Å². The van der Waals surface area contributed by atoms with Crippen LogP contribution in [0.3, 0.4) is 0 Å². The van der Waals surface area contributed by atoms with Gasteiger partial charge in [0.25, 0.3) is 5.91 Å². The summed E-state index contributed by atoms with van der Waals surface area (Å²) in [6.07, 6.45) is 1.87. The molecule has 1 atom stereocenters. The molecule has 8 heteroatoms. The van der Waals surface area contributed by atoms with Crippen molar-refractivity contribution in [1.29, 1.82) is 0 Å². The van der Waals surface area contributed by atoms with Crippen molar-refractivity contribution < 1.29 is 14.3 Å². The van der Waals surface area contributed by atoms with Crippen LogP contribution in [-0.2, 0) is 4.74 Å². The number of aromatic nitrogens is 2. The first-order valence-corrected chi connectivity index (χ1v) is 8.80. The predicted molar refractivity (Wildman–Crippen MR) is 98.2 cm³/mol. The van der Waals surface area contributed by atoms with Crippen LogP contribution in [-0.4, -0.2) is 51.6 Å². The molecule has 26 heavy (non-hydrogen) atoms. The molecule has 1 aromatic heterocycles. The normalized spacial score (nSPS) is 17.4. The molecule has 0 saturated carbocycles. The highest BCUT2D eigenvalue weighted by molar-refractivity contribution is 6.31. The minimum absolute atomic E-state index is 0.0931. The topological polar surface area (TPSA) is 84.4 Å². The fourth-order valence-electron chi connectivity index (χ4n) is 2.73. The molecular formula is C18H21ClN4O3. The van der Waals surface area contributed by atoms with Gasteiger partial charge in [-0.2, -0.15) is 0 Å². The maximum Gasteiger partial charge on any atom is 0.410 e. The third-order valence-electron chi connectivity index (χ3n) is 3.92. The van der Waals surface area contributed by atoms with Crippen LogP contribution in [0.4, 0.5) is 4.79 Å². The van der Waals surface area contributed by atoms with E-state index in [1.54, 1.807) is 29.3 Å². The van der Waals surface area contributed by atoms with Crippen LogP contribution < -0.4 is 5.32 Å². The van der Waals surface area contributed by atoms with E-state index in [-0.39, 0.29) is 23.9 Å². The Morgan fingerprint density at radius 1 is 1.35 bits per heavy atom. The minimum atomic E-state index is -0.541. The summed E-state index contributed by atoms with van der Waals surface area (Å²) >= 11 is 5.94. The fourth-order valence-corrected chi connectivity index (χ4v) is 2.91. The van der Waals surface area contributed by atoms with Gasteiger partial charge in [0.1, 0.15) is 5.60 Å². The maximum atomic E-state index is 12.4. The molecule has 7 nitrogen and oxygen atoms in total. The number of halogens is 1. The molecule has 3 rings (SSSR count). The molecule has 0 radical (unpaired) electrons. The van der Waals surface area contributed by atoms with Crippen LogP contribution in [0, 0.1) is 0 Å². The number of hydrogen-bond donors (Lipinski definition) is 1. The molecular weight excluding hydrogens is 356 g/mol. The number of benzene rings is 1. The van der Waals surface area contributed by atoms with Crippen LogP contribution in [0.1, 0.15) is 37.8 Å². The van der Waals surface area contributed by atoms with Gasteiger partial charge in [-0.05, 0) is 45.4 Å². The molecule has 1 fully saturated rings. The number of fused-ring (bicyclic) bond motifs is 1. The molecule has 1 aromatic carbocycles. The second kappa shape index (κ2) is 7.07. The second-order valence-electron chi connectivity index (χ2n) is 7.28. The van der Waals surface area contributed by atoms with Crippen LogP contribution in [0.5, 0.6) is 0 Å². The lowest BCUT2D eigenvalue weighted by Crippen LogP contribution is -2.40. The molecule has 1 unspecified atom stereocenters. The van der Waals surface area contributed by atoms with E-state index in [4.69, 9.17) is 16.3 Å². The van der Waals surface area contributed by atoms with Gasteiger partial charge in [0.2, 0.25) is 5.82 Å². The Labute approximate surface area is 156 Å². The largest absolute Gasteiger partial charge is 0.444 e. The van der Waals surface area contributed by atoms with E-state index in [2.05, 4.69) is 15.3 Å². The molecule has 1 aliphatic rings. The minimum Gasteiger partial charge on any atom is -0.444 e. The number of rotatable bonds is 2. The Morgan fingerprint density at radius 2 is 2.12 bits per heavy atom. The van der Waals surface area contributed by atoms with Gasteiger partial charge in [-0.25, -0.2) is 14.8 Å². The van der Waals surface area contributed by atoms with Crippen molar-refractivity contribution in [3.05, 3.63) is 35.2 Å². The van der Waals surface area contributed by atoms with Gasteiger partial charge in [-0.1, -0.05) is 11.6 Å². The highest BCUT2D eigenvalue weighted by atomic mass is 35.5. The number of carbonyl (C=O) groups excluding carboxylic acids is 2. The molecule has 0 aliphatic carbocycles. The number of likely N-dealkylation sites (tertiary alicyclic amines) is 1. The average Bonchev–Trinajstić information content (AvgIpc) is 3.01. The molecule has 1 N–H and O–H groups in total. The number of ether oxygens (including phenoxy) is 1. The van der Waals surface area contributed by atoms with Crippen molar-refractivity contribution in [2.24, 2.45) is 0 Å². The van der Waals surface area contributed by atoms with Crippen molar-refractivity contribution in [2.45, 2.75) is 38.8 Å². The summed E-state index contributed by atoms with van der Waals surface area (Å²) in [4.78, 5) is 34.5. The number of nitrogens with zero attached hydrogens (tertiary/aromatic N) is 3. The van der Waals surface area contributed by atoms with Gasteiger partial charge in [-0.15, -0.1) is 0 Å². The monoisotopic (exact) mass is 376 g/mol. The summed E-state index contributed by atoms with van der Waals surface area (Å²) in [5.41, 5.74) is 0.108. The third-order valence-corrected chi connectivity index (χ3v) is 4.16. The molecule has 2 heterocycles. The zero-order valence-electron chi connectivity index (χ0n) is 15.0. The summed E-state index contributed by atoms with van der Waals surface area (Å²) < 4.78 is 5.36. The maximum absolute atomic E-state index is 12.4. The second-order valence-corrected chi connectivity index (χ2v) is 7.72. The lowest BCUT2D eigenvalue weighted by atomic mass is 10.2. The van der Waals surface area contributed by atoms with E-state index in [9.17, 15) is 9.59 Å². The zero-order chi connectivity index (χ0) is 18.9. The molecule has 0 bridgehead atoms. The number of hydrogen-bond acceptors (Lipinski definition) is 5. The summed E-state index contributed by atoms with van der Waals surface area (Å²) in [5, 5.41) is 4.24. The van der Waals surface area contributed by atoms with Gasteiger partial charge < -0.3 is 15.0 Å². The van der Waals surface area contributed by atoms with Crippen molar-refractivity contribution in [1.82, 2.24) is 20.2 Å². The van der Waals surface area contributed by atoms with Crippen LogP contribution >= 0.6 is 11.6 Å². The van der Waals surface area contributed by atoms with Crippen LogP contribution in [0.2, 0.25) is 5.02 Å². The Balaban J connectivity index is 1.62. The lowest BCUT2D eigenvalue weighted by molar-refractivity contribution is 0.0290. The summed E-state index contributed by atoms with van der Waals surface area (Å²) in [6, 6.07) is 5.05. The molecule has 0 spiro atoms. The Hall–Kier alpha value is -2.41. The van der Waals surface area contributed by atoms with E-state index >= 15 is 0 Å². The standard InChI is InChI=1S/C18H21ClN4O3/c1-18(2,3)26-17(25)23-7-6-13(10-23)21-16(24)15-20-9-11-8-12(19)4-5-14(11)22-15/h4-5,8-9,13H,6-7,10H2,1-3H3,(H,21,24). The van der Waals surface area contributed by atoms with Gasteiger partial charge in [0.15, 0.2) is 0 Å². The summed E-state index contributed by atoms with van der Waals surface area (Å²) in [6.45, 7) is 6.42. The van der Waals surface area contributed by atoms with Gasteiger partial charge in [-0.3, -0.25) is 4.79 Å². The molecule has 2 amide bonds. The van der Waals surface area contributed by atoms with Crippen LogP contribution in [0.25, 0.3) is 10.9 Å². The van der Waals surface area contributed by atoms with Gasteiger partial charge in [0.05, 0.1) is 5.52 Å². The Kier molecular flexibility index (Phi) is 5.00. The molecule has 2 aromatic rings. The highest BCUT2D eigenvalue weighted by Gasteiger charge is 2.31. The predicted octanol–water partition coefficient (Wildman–Crippen LogP) is 3.02. The van der Waals surface area contributed by atoms with Crippen molar-refractivity contribution >= 4 is 34.5 Å². The zero-order valence-corrected chi connectivity index (χ0v) is 15.7. The van der Waals surface area contributed by atoms with E-state index in [0.29, 0.717) is 30.0 Å². The first kappa shape index (κ1) is 18.4. The molecule has 138 valence electrons. The van der Waals surface area contributed by atoms with Gasteiger partial charge in [0, 0.05) is 35.7 Å². The van der Waals surface area contributed by atoms with Crippen LogP contribution in [0.15, 0.2) is 24.4 Å². The molecule has 1 saturated heterocycles. The molecule has 1 aliphatic heterocycles. The van der Waals surface area contributed by atoms with E-state index < -0.39 is 5.60 Å². The first-order valence-electron chi connectivity index (χ1n) is 8.42. The van der Waals surface area contributed by atoms with Crippen molar-refractivity contribution in [3.8, 4) is 0 Å². The quantitative estimate of drug-likeness (QED) is 0.870. The number of nitrogens with one attached hydrogen (secondary N) is 1. The number of carbonyl (C=O) groups is 2.